The molecule has 1 saturated heterocycles. The standard InChI is InChI=1S/C30H35F5O3/c1-18-16-36-29(37-17-18)21-4-2-19(3-5-21)22-8-12-25(27(32)14-22)20-6-9-23(10-7-20)30(34,35)38-24-11-13-26(31)28(33)15-24/h8,11-15,18-21,23,29H,2-7,9-10,16-17H2,1H3. The van der Waals surface area contributed by atoms with E-state index in [4.69, 9.17) is 14.2 Å². The maximum Gasteiger partial charge on any atom is 0.400 e. The first kappa shape index (κ1) is 27.4. The molecular formula is C30H35F5O3. The largest absolute Gasteiger partial charge is 0.432 e. The summed E-state index contributed by atoms with van der Waals surface area (Å²) in [7, 11) is 0. The molecule has 1 heterocycles. The maximum absolute atomic E-state index is 15.2. The van der Waals surface area contributed by atoms with E-state index in [2.05, 4.69) is 6.92 Å². The first-order chi connectivity index (χ1) is 18.2. The zero-order valence-corrected chi connectivity index (χ0v) is 21.6. The molecule has 0 unspecified atom stereocenters. The summed E-state index contributed by atoms with van der Waals surface area (Å²) in [5, 5.41) is 0. The Kier molecular flexibility index (Phi) is 8.29. The Morgan fingerprint density at radius 2 is 1.39 bits per heavy atom. The number of benzene rings is 2. The van der Waals surface area contributed by atoms with Gasteiger partial charge in [-0.1, -0.05) is 19.1 Å². The molecule has 2 saturated carbocycles. The Balaban J connectivity index is 1.14. The zero-order chi connectivity index (χ0) is 26.9. The van der Waals surface area contributed by atoms with E-state index in [1.54, 1.807) is 6.07 Å². The van der Waals surface area contributed by atoms with Crippen LogP contribution in [0.4, 0.5) is 22.0 Å². The van der Waals surface area contributed by atoms with Crippen molar-refractivity contribution >= 4 is 0 Å². The summed E-state index contributed by atoms with van der Waals surface area (Å²) in [5.41, 5.74) is 1.56. The maximum atomic E-state index is 15.2. The quantitative estimate of drug-likeness (QED) is 0.346. The van der Waals surface area contributed by atoms with Gasteiger partial charge in [0.1, 0.15) is 11.6 Å². The van der Waals surface area contributed by atoms with Gasteiger partial charge in [0.05, 0.1) is 19.1 Å². The lowest BCUT2D eigenvalue weighted by molar-refractivity contribution is -0.226. The summed E-state index contributed by atoms with van der Waals surface area (Å²) in [6, 6.07) is 7.81. The average molecular weight is 539 g/mol. The highest BCUT2D eigenvalue weighted by atomic mass is 19.3. The predicted octanol–water partition coefficient (Wildman–Crippen LogP) is 8.33. The van der Waals surface area contributed by atoms with Crippen LogP contribution in [-0.2, 0) is 9.47 Å². The van der Waals surface area contributed by atoms with Crippen molar-refractivity contribution in [1.29, 1.82) is 0 Å². The molecule has 0 radical (unpaired) electrons. The van der Waals surface area contributed by atoms with Gasteiger partial charge in [-0.15, -0.1) is 0 Å². The fourth-order valence-electron chi connectivity index (χ4n) is 6.26. The van der Waals surface area contributed by atoms with Gasteiger partial charge in [-0.25, -0.2) is 13.2 Å². The van der Waals surface area contributed by atoms with Gasteiger partial charge in [-0.3, -0.25) is 0 Å². The first-order valence-corrected chi connectivity index (χ1v) is 13.7. The molecule has 0 amide bonds. The van der Waals surface area contributed by atoms with E-state index >= 15 is 4.39 Å². The fraction of sp³-hybridized carbons (Fsp3) is 0.600. The molecule has 208 valence electrons. The van der Waals surface area contributed by atoms with Crippen LogP contribution in [0.2, 0.25) is 0 Å². The number of hydrogen-bond acceptors (Lipinski definition) is 3. The normalized spacial score (nSPS) is 30.7. The topological polar surface area (TPSA) is 27.7 Å². The van der Waals surface area contributed by atoms with Crippen molar-refractivity contribution in [2.75, 3.05) is 13.2 Å². The highest BCUT2D eigenvalue weighted by Gasteiger charge is 2.44. The van der Waals surface area contributed by atoms with Gasteiger partial charge < -0.3 is 14.2 Å². The molecule has 5 rings (SSSR count). The van der Waals surface area contributed by atoms with Gasteiger partial charge in [0, 0.05) is 17.9 Å². The average Bonchev–Trinajstić information content (AvgIpc) is 2.91. The molecule has 2 aliphatic carbocycles. The van der Waals surface area contributed by atoms with Gasteiger partial charge in [0.25, 0.3) is 0 Å². The minimum Gasteiger partial charge on any atom is -0.432 e. The molecule has 3 fully saturated rings. The van der Waals surface area contributed by atoms with Crippen molar-refractivity contribution in [3.05, 3.63) is 65.0 Å². The Morgan fingerprint density at radius 1 is 0.737 bits per heavy atom. The minimum absolute atomic E-state index is 0.129. The van der Waals surface area contributed by atoms with Crippen molar-refractivity contribution in [2.45, 2.75) is 82.5 Å². The van der Waals surface area contributed by atoms with Crippen LogP contribution in [0.15, 0.2) is 36.4 Å². The van der Waals surface area contributed by atoms with Gasteiger partial charge in [-0.2, -0.15) is 8.78 Å². The number of rotatable bonds is 6. The molecule has 2 aromatic carbocycles. The Hall–Kier alpha value is -2.19. The third-order valence-corrected chi connectivity index (χ3v) is 8.53. The summed E-state index contributed by atoms with van der Waals surface area (Å²) in [4.78, 5) is 0. The lowest BCUT2D eigenvalue weighted by Crippen LogP contribution is -2.37. The molecule has 0 aromatic heterocycles. The monoisotopic (exact) mass is 538 g/mol. The van der Waals surface area contributed by atoms with Crippen molar-refractivity contribution in [2.24, 2.45) is 17.8 Å². The van der Waals surface area contributed by atoms with E-state index in [9.17, 15) is 17.6 Å². The smallest absolute Gasteiger partial charge is 0.400 e. The lowest BCUT2D eigenvalue weighted by atomic mass is 9.76. The molecule has 3 nitrogen and oxygen atoms in total. The molecule has 8 heteroatoms. The summed E-state index contributed by atoms with van der Waals surface area (Å²) in [5.74, 6) is -3.18. The minimum atomic E-state index is -3.53. The summed E-state index contributed by atoms with van der Waals surface area (Å²) in [6.45, 7) is 3.58. The summed E-state index contributed by atoms with van der Waals surface area (Å²) < 4.78 is 87.6. The predicted molar refractivity (Wildman–Crippen MR) is 133 cm³/mol. The summed E-state index contributed by atoms with van der Waals surface area (Å²) in [6.07, 6.45) is 1.34. The van der Waals surface area contributed by atoms with Crippen LogP contribution in [0.5, 0.6) is 5.75 Å². The molecule has 0 spiro atoms. The second kappa shape index (κ2) is 11.5. The number of alkyl halides is 2. The van der Waals surface area contributed by atoms with Crippen LogP contribution in [0, 0.1) is 35.2 Å². The number of halogens is 5. The molecule has 0 bridgehead atoms. The highest BCUT2D eigenvalue weighted by Crippen LogP contribution is 2.45. The van der Waals surface area contributed by atoms with Crippen LogP contribution in [0.3, 0.4) is 0 Å². The molecule has 0 N–H and O–H groups in total. The van der Waals surface area contributed by atoms with Gasteiger partial charge >= 0.3 is 6.11 Å². The van der Waals surface area contributed by atoms with Crippen molar-refractivity contribution in [1.82, 2.24) is 0 Å². The molecule has 2 aromatic rings. The van der Waals surface area contributed by atoms with Crippen LogP contribution >= 0.6 is 0 Å². The summed E-state index contributed by atoms with van der Waals surface area (Å²) >= 11 is 0. The molecular weight excluding hydrogens is 503 g/mol. The first-order valence-electron chi connectivity index (χ1n) is 13.7. The fourth-order valence-corrected chi connectivity index (χ4v) is 6.26. The second-order valence-electron chi connectivity index (χ2n) is 11.3. The molecule has 38 heavy (non-hydrogen) atoms. The van der Waals surface area contributed by atoms with Crippen LogP contribution in [0.25, 0.3) is 0 Å². The highest BCUT2D eigenvalue weighted by molar-refractivity contribution is 5.30. The lowest BCUT2D eigenvalue weighted by Gasteiger charge is -2.37. The van der Waals surface area contributed by atoms with Crippen LogP contribution < -0.4 is 4.74 Å². The zero-order valence-electron chi connectivity index (χ0n) is 21.6. The van der Waals surface area contributed by atoms with Crippen molar-refractivity contribution in [3.8, 4) is 5.75 Å². The second-order valence-corrected chi connectivity index (χ2v) is 11.3. The van der Waals surface area contributed by atoms with E-state index in [0.29, 0.717) is 42.2 Å². The van der Waals surface area contributed by atoms with Crippen molar-refractivity contribution < 1.29 is 36.2 Å². The SMILES string of the molecule is CC1COC(C2CCC(c3ccc(C4CCC(C(F)(F)Oc5ccc(F)c(F)c5)CC4)c(F)c3)CC2)OC1. The van der Waals surface area contributed by atoms with Crippen LogP contribution in [-0.4, -0.2) is 25.6 Å². The van der Waals surface area contributed by atoms with E-state index in [-0.39, 0.29) is 30.9 Å². The molecule has 3 aliphatic rings. The third kappa shape index (κ3) is 6.17. The Bertz CT molecular complexity index is 1090. The number of hydrogen-bond donors (Lipinski definition) is 0. The Morgan fingerprint density at radius 3 is 2.03 bits per heavy atom. The number of ether oxygens (including phenoxy) is 3. The van der Waals surface area contributed by atoms with E-state index < -0.39 is 29.4 Å². The van der Waals surface area contributed by atoms with Crippen molar-refractivity contribution in [3.63, 3.8) is 0 Å². The van der Waals surface area contributed by atoms with Gasteiger partial charge in [0.15, 0.2) is 17.9 Å². The van der Waals surface area contributed by atoms with E-state index in [1.165, 1.54) is 0 Å². The molecule has 0 atom stereocenters. The Labute approximate surface area is 220 Å². The van der Waals surface area contributed by atoms with Crippen LogP contribution in [0.1, 0.15) is 81.3 Å². The van der Waals surface area contributed by atoms with Gasteiger partial charge in [-0.05, 0) is 92.5 Å². The molecule has 1 aliphatic heterocycles. The van der Waals surface area contributed by atoms with E-state index in [1.807, 2.05) is 12.1 Å². The van der Waals surface area contributed by atoms with Gasteiger partial charge in [0.2, 0.25) is 0 Å². The third-order valence-electron chi connectivity index (χ3n) is 8.53. The van der Waals surface area contributed by atoms with E-state index in [0.717, 1.165) is 56.6 Å².